The zero-order valence-corrected chi connectivity index (χ0v) is 11.0. The average Bonchev–Trinajstić information content (AvgIpc) is 2.38. The van der Waals surface area contributed by atoms with Gasteiger partial charge in [-0.25, -0.2) is 4.79 Å². The lowest BCUT2D eigenvalue weighted by Gasteiger charge is -2.13. The molecule has 0 fully saturated rings. The molecule has 98 valence electrons. The second kappa shape index (κ2) is 5.57. The number of hydrogen-bond acceptors (Lipinski definition) is 2. The second-order valence-corrected chi connectivity index (χ2v) is 4.52. The maximum Gasteiger partial charge on any atom is 0.335 e. The molecular formula is C16H16O3. The maximum absolute atomic E-state index is 11.0. The Morgan fingerprint density at radius 2 is 1.68 bits per heavy atom. The van der Waals surface area contributed by atoms with Crippen molar-refractivity contribution >= 4 is 5.97 Å². The Bertz CT molecular complexity index is 565. The highest BCUT2D eigenvalue weighted by atomic mass is 16.5. The van der Waals surface area contributed by atoms with Crippen molar-refractivity contribution in [2.24, 2.45) is 0 Å². The molecule has 3 heteroatoms. The van der Waals surface area contributed by atoms with E-state index in [1.54, 1.807) is 12.1 Å². The molecule has 2 rings (SSSR count). The lowest BCUT2D eigenvalue weighted by molar-refractivity contribution is 0.0696. The molecular weight excluding hydrogens is 240 g/mol. The fourth-order valence-corrected chi connectivity index (χ4v) is 2.03. The predicted molar refractivity (Wildman–Crippen MR) is 73.6 cm³/mol. The number of benzene rings is 2. The van der Waals surface area contributed by atoms with E-state index in [1.807, 2.05) is 44.2 Å². The molecule has 0 saturated heterocycles. The van der Waals surface area contributed by atoms with Crippen molar-refractivity contribution in [3.8, 4) is 5.75 Å². The zero-order chi connectivity index (χ0) is 13.8. The third-order valence-electron chi connectivity index (χ3n) is 2.93. The highest BCUT2D eigenvalue weighted by Crippen LogP contribution is 2.25. The SMILES string of the molecule is Cc1cc(C(=O)O)cc(C)c1OCc1ccccc1. The van der Waals surface area contributed by atoms with Crippen LogP contribution in [0, 0.1) is 13.8 Å². The largest absolute Gasteiger partial charge is 0.488 e. The number of carbonyl (C=O) groups is 1. The Hall–Kier alpha value is -2.29. The van der Waals surface area contributed by atoms with Crippen molar-refractivity contribution in [3.05, 3.63) is 64.7 Å². The minimum atomic E-state index is -0.916. The zero-order valence-electron chi connectivity index (χ0n) is 11.0. The first-order valence-electron chi connectivity index (χ1n) is 6.09. The van der Waals surface area contributed by atoms with Crippen molar-refractivity contribution in [2.75, 3.05) is 0 Å². The molecule has 0 aliphatic carbocycles. The molecule has 3 nitrogen and oxygen atoms in total. The van der Waals surface area contributed by atoms with Gasteiger partial charge in [0.1, 0.15) is 12.4 Å². The van der Waals surface area contributed by atoms with E-state index in [0.29, 0.717) is 12.2 Å². The molecule has 0 radical (unpaired) electrons. The summed E-state index contributed by atoms with van der Waals surface area (Å²) in [4.78, 5) is 11.0. The van der Waals surface area contributed by atoms with E-state index in [-0.39, 0.29) is 0 Å². The summed E-state index contributed by atoms with van der Waals surface area (Å²) in [5, 5.41) is 8.99. The van der Waals surface area contributed by atoms with Gasteiger partial charge in [-0.2, -0.15) is 0 Å². The van der Waals surface area contributed by atoms with Crippen LogP contribution in [0.3, 0.4) is 0 Å². The van der Waals surface area contributed by atoms with Gasteiger partial charge in [0.25, 0.3) is 0 Å². The normalized spacial score (nSPS) is 10.2. The molecule has 0 heterocycles. The van der Waals surface area contributed by atoms with Gasteiger partial charge >= 0.3 is 5.97 Å². The van der Waals surface area contributed by atoms with Crippen LogP contribution in [0.5, 0.6) is 5.75 Å². The lowest BCUT2D eigenvalue weighted by Crippen LogP contribution is -2.02. The number of carboxylic acids is 1. The van der Waals surface area contributed by atoms with Gasteiger partial charge in [-0.05, 0) is 42.7 Å². The number of aryl methyl sites for hydroxylation is 2. The van der Waals surface area contributed by atoms with Crippen LogP contribution in [0.4, 0.5) is 0 Å². The fourth-order valence-electron chi connectivity index (χ4n) is 2.03. The molecule has 0 aliphatic rings. The van der Waals surface area contributed by atoms with Gasteiger partial charge in [0.05, 0.1) is 5.56 Å². The Morgan fingerprint density at radius 1 is 1.11 bits per heavy atom. The first kappa shape index (κ1) is 13.1. The molecule has 0 saturated carbocycles. The van der Waals surface area contributed by atoms with Crippen molar-refractivity contribution in [1.29, 1.82) is 0 Å². The highest BCUT2D eigenvalue weighted by molar-refractivity contribution is 5.88. The third-order valence-corrected chi connectivity index (χ3v) is 2.93. The summed E-state index contributed by atoms with van der Waals surface area (Å²) in [6.07, 6.45) is 0. The molecule has 0 amide bonds. The summed E-state index contributed by atoms with van der Waals surface area (Å²) < 4.78 is 5.80. The van der Waals surface area contributed by atoms with Crippen molar-refractivity contribution in [1.82, 2.24) is 0 Å². The fraction of sp³-hybridized carbons (Fsp3) is 0.188. The molecule has 19 heavy (non-hydrogen) atoms. The summed E-state index contributed by atoms with van der Waals surface area (Å²) in [6, 6.07) is 13.2. The van der Waals surface area contributed by atoms with Crippen LogP contribution in [-0.4, -0.2) is 11.1 Å². The Labute approximate surface area is 112 Å². The number of aromatic carboxylic acids is 1. The van der Waals surface area contributed by atoms with Gasteiger partial charge in [0.2, 0.25) is 0 Å². The number of carboxylic acid groups (broad SMARTS) is 1. The predicted octanol–water partition coefficient (Wildman–Crippen LogP) is 3.58. The number of ether oxygens (including phenoxy) is 1. The Kier molecular flexibility index (Phi) is 3.85. The quantitative estimate of drug-likeness (QED) is 0.909. The van der Waals surface area contributed by atoms with Crippen LogP contribution in [-0.2, 0) is 6.61 Å². The summed E-state index contributed by atoms with van der Waals surface area (Å²) in [7, 11) is 0. The van der Waals surface area contributed by atoms with E-state index < -0.39 is 5.97 Å². The minimum absolute atomic E-state index is 0.294. The lowest BCUT2D eigenvalue weighted by atomic mass is 10.1. The van der Waals surface area contributed by atoms with Crippen molar-refractivity contribution in [2.45, 2.75) is 20.5 Å². The van der Waals surface area contributed by atoms with Crippen LogP contribution in [0.25, 0.3) is 0 Å². The topological polar surface area (TPSA) is 46.5 Å². The van der Waals surface area contributed by atoms with Crippen LogP contribution >= 0.6 is 0 Å². The van der Waals surface area contributed by atoms with Gasteiger partial charge in [-0.1, -0.05) is 30.3 Å². The van der Waals surface area contributed by atoms with Crippen molar-refractivity contribution < 1.29 is 14.6 Å². The molecule has 0 bridgehead atoms. The first-order valence-corrected chi connectivity index (χ1v) is 6.09. The summed E-state index contributed by atoms with van der Waals surface area (Å²) in [6.45, 7) is 4.20. The van der Waals surface area contributed by atoms with Gasteiger partial charge in [0.15, 0.2) is 0 Å². The molecule has 0 aromatic heterocycles. The van der Waals surface area contributed by atoms with E-state index in [9.17, 15) is 4.79 Å². The third kappa shape index (κ3) is 3.13. The maximum atomic E-state index is 11.0. The van der Waals surface area contributed by atoms with E-state index >= 15 is 0 Å². The first-order chi connectivity index (χ1) is 9.08. The molecule has 0 unspecified atom stereocenters. The molecule has 0 atom stereocenters. The summed E-state index contributed by atoms with van der Waals surface area (Å²) >= 11 is 0. The second-order valence-electron chi connectivity index (χ2n) is 4.52. The van der Waals surface area contributed by atoms with Gasteiger partial charge in [-0.3, -0.25) is 0 Å². The smallest absolute Gasteiger partial charge is 0.335 e. The standard InChI is InChI=1S/C16H16O3/c1-11-8-14(16(17)18)9-12(2)15(11)19-10-13-6-4-3-5-7-13/h3-9H,10H2,1-2H3,(H,17,18). The molecule has 2 aromatic carbocycles. The molecule has 1 N–H and O–H groups in total. The summed E-state index contributed by atoms with van der Waals surface area (Å²) in [5.41, 5.74) is 3.06. The monoisotopic (exact) mass is 256 g/mol. The van der Waals surface area contributed by atoms with Crippen molar-refractivity contribution in [3.63, 3.8) is 0 Å². The molecule has 0 spiro atoms. The van der Waals surface area contributed by atoms with E-state index in [0.717, 1.165) is 22.4 Å². The highest BCUT2D eigenvalue weighted by Gasteiger charge is 2.10. The molecule has 2 aromatic rings. The Morgan fingerprint density at radius 3 is 2.21 bits per heavy atom. The number of rotatable bonds is 4. The van der Waals surface area contributed by atoms with E-state index in [2.05, 4.69) is 0 Å². The van der Waals surface area contributed by atoms with Crippen LogP contribution in [0.2, 0.25) is 0 Å². The van der Waals surface area contributed by atoms with Gasteiger partial charge in [0, 0.05) is 0 Å². The number of hydrogen-bond donors (Lipinski definition) is 1. The summed E-state index contributed by atoms with van der Waals surface area (Å²) in [5.74, 6) is -0.158. The molecule has 0 aliphatic heterocycles. The van der Waals surface area contributed by atoms with Crippen LogP contribution in [0.1, 0.15) is 27.0 Å². The van der Waals surface area contributed by atoms with Gasteiger partial charge < -0.3 is 9.84 Å². The average molecular weight is 256 g/mol. The van der Waals surface area contributed by atoms with Crippen LogP contribution in [0.15, 0.2) is 42.5 Å². The van der Waals surface area contributed by atoms with Crippen LogP contribution < -0.4 is 4.74 Å². The van der Waals surface area contributed by atoms with Gasteiger partial charge in [-0.15, -0.1) is 0 Å². The Balaban J connectivity index is 2.19. The van der Waals surface area contributed by atoms with E-state index in [4.69, 9.17) is 9.84 Å². The van der Waals surface area contributed by atoms with E-state index in [1.165, 1.54) is 0 Å². The minimum Gasteiger partial charge on any atom is -0.488 e.